The van der Waals surface area contributed by atoms with Gasteiger partial charge in [-0.05, 0) is 31.5 Å². The lowest BCUT2D eigenvalue weighted by molar-refractivity contribution is 0.363. The van der Waals surface area contributed by atoms with Gasteiger partial charge in [0.15, 0.2) is 11.5 Å². The van der Waals surface area contributed by atoms with E-state index in [1.165, 1.54) is 5.56 Å². The lowest BCUT2D eigenvalue weighted by Crippen LogP contribution is -2.27. The molecule has 14 heavy (non-hydrogen) atoms. The summed E-state index contributed by atoms with van der Waals surface area (Å²) in [6.07, 6.45) is 0.969. The van der Waals surface area contributed by atoms with Crippen LogP contribution in [0.2, 0.25) is 0 Å². The molecule has 3 heteroatoms. The van der Waals surface area contributed by atoms with Crippen LogP contribution >= 0.6 is 0 Å². The largest absolute Gasteiger partial charge is 0.504 e. The number of phenolic OH excluding ortho intramolecular Hbond substituents is 1. The second-order valence-electron chi connectivity index (χ2n) is 3.62. The molecule has 3 nitrogen and oxygen atoms in total. The van der Waals surface area contributed by atoms with Gasteiger partial charge in [-0.15, -0.1) is 0 Å². The minimum atomic E-state index is 0.203. The molecule has 1 unspecified atom stereocenters. The van der Waals surface area contributed by atoms with Crippen LogP contribution in [0.15, 0.2) is 12.1 Å². The Morgan fingerprint density at radius 2 is 2.29 bits per heavy atom. The summed E-state index contributed by atoms with van der Waals surface area (Å²) in [6.45, 7) is 3.02. The summed E-state index contributed by atoms with van der Waals surface area (Å²) in [5, 5.41) is 13.3. The highest BCUT2D eigenvalue weighted by Gasteiger charge is 2.21. The summed E-state index contributed by atoms with van der Waals surface area (Å²) >= 11 is 0. The van der Waals surface area contributed by atoms with Gasteiger partial charge in [0.2, 0.25) is 0 Å². The van der Waals surface area contributed by atoms with Crippen LogP contribution in [0.3, 0.4) is 0 Å². The predicted molar refractivity (Wildman–Crippen MR) is 54.8 cm³/mol. The smallest absolute Gasteiger partial charge is 0.162 e. The zero-order chi connectivity index (χ0) is 10.1. The Hall–Kier alpha value is -1.22. The van der Waals surface area contributed by atoms with Gasteiger partial charge >= 0.3 is 0 Å². The number of hydrogen-bond donors (Lipinski definition) is 2. The predicted octanol–water partition coefficient (Wildman–Crippen LogP) is 1.61. The molecule has 1 aromatic carbocycles. The van der Waals surface area contributed by atoms with E-state index in [-0.39, 0.29) is 11.8 Å². The highest BCUT2D eigenvalue weighted by molar-refractivity contribution is 5.52. The summed E-state index contributed by atoms with van der Waals surface area (Å²) in [5.74, 6) is 0.837. The van der Waals surface area contributed by atoms with Crippen LogP contribution in [0.25, 0.3) is 0 Å². The standard InChI is InChI=1S/C11H15NO2/c1-7-10-8(5-6-12-7)3-4-9(14-2)11(10)13/h3-4,7,12-13H,5-6H2,1-2H3. The second kappa shape index (κ2) is 3.50. The van der Waals surface area contributed by atoms with Gasteiger partial charge in [-0.2, -0.15) is 0 Å². The molecular weight excluding hydrogens is 178 g/mol. The SMILES string of the molecule is COc1ccc2c(c1O)C(C)NCC2. The molecule has 0 saturated heterocycles. The van der Waals surface area contributed by atoms with Gasteiger partial charge in [0, 0.05) is 11.6 Å². The van der Waals surface area contributed by atoms with Crippen molar-refractivity contribution in [1.29, 1.82) is 0 Å². The summed E-state index contributed by atoms with van der Waals surface area (Å²) < 4.78 is 5.08. The molecule has 0 aliphatic carbocycles. The highest BCUT2D eigenvalue weighted by Crippen LogP contribution is 2.37. The first-order valence-electron chi connectivity index (χ1n) is 4.86. The van der Waals surface area contributed by atoms with Crippen LogP contribution in [-0.4, -0.2) is 18.8 Å². The lowest BCUT2D eigenvalue weighted by Gasteiger charge is -2.25. The van der Waals surface area contributed by atoms with Crippen molar-refractivity contribution in [1.82, 2.24) is 5.32 Å². The fourth-order valence-electron chi connectivity index (χ4n) is 2.02. The Balaban J connectivity index is 2.54. The number of hydrogen-bond acceptors (Lipinski definition) is 3. The Morgan fingerprint density at radius 3 is 3.00 bits per heavy atom. The number of fused-ring (bicyclic) bond motifs is 1. The van der Waals surface area contributed by atoms with E-state index in [0.29, 0.717) is 5.75 Å². The molecule has 1 heterocycles. The first-order valence-corrected chi connectivity index (χ1v) is 4.86. The zero-order valence-electron chi connectivity index (χ0n) is 8.50. The molecular formula is C11H15NO2. The van der Waals surface area contributed by atoms with Crippen molar-refractivity contribution in [2.24, 2.45) is 0 Å². The monoisotopic (exact) mass is 193 g/mol. The van der Waals surface area contributed by atoms with Crippen molar-refractivity contribution in [2.75, 3.05) is 13.7 Å². The van der Waals surface area contributed by atoms with E-state index < -0.39 is 0 Å². The lowest BCUT2D eigenvalue weighted by atomic mass is 9.94. The molecule has 0 aromatic heterocycles. The average molecular weight is 193 g/mol. The normalized spacial score (nSPS) is 20.3. The van der Waals surface area contributed by atoms with Gasteiger partial charge in [0.05, 0.1) is 7.11 Å². The maximum atomic E-state index is 9.94. The third-order valence-corrected chi connectivity index (χ3v) is 2.77. The van der Waals surface area contributed by atoms with Gasteiger partial charge in [0.25, 0.3) is 0 Å². The van der Waals surface area contributed by atoms with Crippen LogP contribution < -0.4 is 10.1 Å². The van der Waals surface area contributed by atoms with Crippen molar-refractivity contribution < 1.29 is 9.84 Å². The van der Waals surface area contributed by atoms with E-state index in [2.05, 4.69) is 12.2 Å². The van der Waals surface area contributed by atoms with Crippen LogP contribution in [0.4, 0.5) is 0 Å². The quantitative estimate of drug-likeness (QED) is 0.712. The summed E-state index contributed by atoms with van der Waals surface area (Å²) in [6, 6.07) is 4.06. The van der Waals surface area contributed by atoms with Crippen molar-refractivity contribution in [3.05, 3.63) is 23.3 Å². The molecule has 0 radical (unpaired) electrons. The summed E-state index contributed by atoms with van der Waals surface area (Å²) in [7, 11) is 1.57. The van der Waals surface area contributed by atoms with Gasteiger partial charge in [-0.25, -0.2) is 0 Å². The molecule has 1 aromatic rings. The Bertz CT molecular complexity index is 349. The number of nitrogens with one attached hydrogen (secondary N) is 1. The Kier molecular flexibility index (Phi) is 2.33. The molecule has 1 aliphatic rings. The van der Waals surface area contributed by atoms with Crippen molar-refractivity contribution in [3.63, 3.8) is 0 Å². The van der Waals surface area contributed by atoms with E-state index in [1.807, 2.05) is 12.1 Å². The summed E-state index contributed by atoms with van der Waals surface area (Å²) in [5.41, 5.74) is 2.20. The first-order chi connectivity index (χ1) is 6.74. The number of benzene rings is 1. The third kappa shape index (κ3) is 1.34. The fourth-order valence-corrected chi connectivity index (χ4v) is 2.02. The molecule has 1 atom stereocenters. The van der Waals surface area contributed by atoms with Crippen LogP contribution in [0.5, 0.6) is 11.5 Å². The molecule has 0 spiro atoms. The average Bonchev–Trinajstić information content (AvgIpc) is 2.18. The van der Waals surface area contributed by atoms with Gasteiger partial charge in [0.1, 0.15) is 0 Å². The zero-order valence-corrected chi connectivity index (χ0v) is 8.50. The fraction of sp³-hybridized carbons (Fsp3) is 0.455. The third-order valence-electron chi connectivity index (χ3n) is 2.77. The van der Waals surface area contributed by atoms with Crippen LogP contribution in [-0.2, 0) is 6.42 Å². The maximum absolute atomic E-state index is 9.94. The van der Waals surface area contributed by atoms with Gasteiger partial charge in [-0.3, -0.25) is 0 Å². The Labute approximate surface area is 83.7 Å². The molecule has 2 rings (SSSR count). The molecule has 76 valence electrons. The van der Waals surface area contributed by atoms with E-state index in [9.17, 15) is 5.11 Å². The highest BCUT2D eigenvalue weighted by atomic mass is 16.5. The van der Waals surface area contributed by atoms with Crippen LogP contribution in [0.1, 0.15) is 24.1 Å². The van der Waals surface area contributed by atoms with Crippen molar-refractivity contribution >= 4 is 0 Å². The molecule has 0 bridgehead atoms. The topological polar surface area (TPSA) is 41.5 Å². The van der Waals surface area contributed by atoms with Crippen molar-refractivity contribution in [3.8, 4) is 11.5 Å². The van der Waals surface area contributed by atoms with Gasteiger partial charge < -0.3 is 15.2 Å². The molecule has 0 amide bonds. The van der Waals surface area contributed by atoms with E-state index in [1.54, 1.807) is 7.11 Å². The van der Waals surface area contributed by atoms with E-state index in [0.717, 1.165) is 18.5 Å². The number of phenols is 1. The number of aromatic hydroxyl groups is 1. The first kappa shape index (κ1) is 9.34. The number of rotatable bonds is 1. The molecule has 0 saturated carbocycles. The Morgan fingerprint density at radius 1 is 1.50 bits per heavy atom. The second-order valence-corrected chi connectivity index (χ2v) is 3.62. The van der Waals surface area contributed by atoms with E-state index in [4.69, 9.17) is 4.74 Å². The number of ether oxygens (including phenoxy) is 1. The molecule has 2 N–H and O–H groups in total. The minimum Gasteiger partial charge on any atom is -0.504 e. The minimum absolute atomic E-state index is 0.203. The molecule has 1 aliphatic heterocycles. The van der Waals surface area contributed by atoms with Crippen LogP contribution in [0, 0.1) is 0 Å². The van der Waals surface area contributed by atoms with Gasteiger partial charge in [-0.1, -0.05) is 6.07 Å². The summed E-state index contributed by atoms with van der Waals surface area (Å²) in [4.78, 5) is 0. The molecule has 0 fully saturated rings. The van der Waals surface area contributed by atoms with Crippen molar-refractivity contribution in [2.45, 2.75) is 19.4 Å². The van der Waals surface area contributed by atoms with E-state index >= 15 is 0 Å². The number of methoxy groups -OCH3 is 1. The maximum Gasteiger partial charge on any atom is 0.162 e.